The molecule has 5 heteroatoms. The van der Waals surface area contributed by atoms with Crippen molar-refractivity contribution in [3.63, 3.8) is 0 Å². The smallest absolute Gasteiger partial charge is 0.257 e. The molecule has 0 atom stereocenters. The number of hydrogen-bond donors (Lipinski definition) is 2. The number of hydrogen-bond acceptors (Lipinski definition) is 3. The van der Waals surface area contributed by atoms with E-state index in [9.17, 15) is 9.59 Å². The zero-order chi connectivity index (χ0) is 17.6. The first-order chi connectivity index (χ1) is 12.1. The van der Waals surface area contributed by atoms with Gasteiger partial charge in [-0.05, 0) is 55.5 Å². The Balaban J connectivity index is 1.63. The maximum Gasteiger partial charge on any atom is 0.257 e. The maximum atomic E-state index is 12.2. The zero-order valence-corrected chi connectivity index (χ0v) is 13.7. The third-order valence-corrected chi connectivity index (χ3v) is 3.64. The van der Waals surface area contributed by atoms with Gasteiger partial charge in [-0.2, -0.15) is 0 Å². The molecule has 0 aliphatic carbocycles. The highest BCUT2D eigenvalue weighted by Gasteiger charge is 2.07. The lowest BCUT2D eigenvalue weighted by Gasteiger charge is -2.08. The van der Waals surface area contributed by atoms with E-state index < -0.39 is 0 Å². The Bertz CT molecular complexity index is 873. The largest absolute Gasteiger partial charge is 0.322 e. The number of pyridine rings is 1. The lowest BCUT2D eigenvalue weighted by atomic mass is 10.1. The third kappa shape index (κ3) is 4.29. The summed E-state index contributed by atoms with van der Waals surface area (Å²) in [6, 6.07) is 17.7. The lowest BCUT2D eigenvalue weighted by Crippen LogP contribution is -2.13. The minimum absolute atomic E-state index is 0.174. The molecule has 0 aliphatic rings. The number of amides is 2. The van der Waals surface area contributed by atoms with Crippen LogP contribution in [0.3, 0.4) is 0 Å². The molecule has 2 N–H and O–H groups in total. The molecule has 0 radical (unpaired) electrons. The van der Waals surface area contributed by atoms with E-state index in [2.05, 4.69) is 15.6 Å². The van der Waals surface area contributed by atoms with Gasteiger partial charge in [-0.15, -0.1) is 0 Å². The van der Waals surface area contributed by atoms with E-state index in [0.717, 1.165) is 5.56 Å². The second-order valence-corrected chi connectivity index (χ2v) is 5.59. The van der Waals surface area contributed by atoms with E-state index in [0.29, 0.717) is 22.5 Å². The molecule has 0 fully saturated rings. The molecule has 0 saturated carbocycles. The summed E-state index contributed by atoms with van der Waals surface area (Å²) in [6.45, 7) is 1.97. The van der Waals surface area contributed by atoms with E-state index in [-0.39, 0.29) is 11.8 Å². The monoisotopic (exact) mass is 331 g/mol. The van der Waals surface area contributed by atoms with Crippen molar-refractivity contribution < 1.29 is 9.59 Å². The quantitative estimate of drug-likeness (QED) is 0.762. The lowest BCUT2D eigenvalue weighted by molar-refractivity contribution is 0.101. The number of rotatable bonds is 4. The molecule has 2 aromatic carbocycles. The minimum atomic E-state index is -0.232. The van der Waals surface area contributed by atoms with Crippen molar-refractivity contribution in [1.29, 1.82) is 0 Å². The van der Waals surface area contributed by atoms with E-state index in [1.807, 2.05) is 19.1 Å². The van der Waals surface area contributed by atoms with Gasteiger partial charge in [-0.25, -0.2) is 0 Å². The van der Waals surface area contributed by atoms with Crippen LogP contribution < -0.4 is 10.6 Å². The normalized spacial score (nSPS) is 10.1. The van der Waals surface area contributed by atoms with E-state index in [1.165, 1.54) is 6.20 Å². The van der Waals surface area contributed by atoms with Crippen molar-refractivity contribution in [3.8, 4) is 0 Å². The molecule has 0 aliphatic heterocycles. The molecule has 1 heterocycles. The molecule has 124 valence electrons. The summed E-state index contributed by atoms with van der Waals surface area (Å²) < 4.78 is 0. The van der Waals surface area contributed by atoms with Crippen LogP contribution in [0.4, 0.5) is 11.4 Å². The predicted octanol–water partition coefficient (Wildman–Crippen LogP) is 3.89. The number of aryl methyl sites for hydroxylation is 1. The van der Waals surface area contributed by atoms with Crippen LogP contribution in [0, 0.1) is 6.92 Å². The standard InChI is InChI=1S/C20H17N3O2/c1-14-4-6-15(7-5-14)19(24)22-17-8-10-18(11-9-17)23-20(25)16-3-2-12-21-13-16/h2-13H,1H3,(H,22,24)(H,23,25). The first-order valence-corrected chi connectivity index (χ1v) is 7.81. The number of nitrogens with zero attached hydrogens (tertiary/aromatic N) is 1. The molecule has 0 unspecified atom stereocenters. The molecule has 5 nitrogen and oxygen atoms in total. The number of carbonyl (C=O) groups excluding carboxylic acids is 2. The van der Waals surface area contributed by atoms with Crippen molar-refractivity contribution in [2.24, 2.45) is 0 Å². The van der Waals surface area contributed by atoms with Crippen molar-refractivity contribution in [3.05, 3.63) is 89.7 Å². The van der Waals surface area contributed by atoms with Crippen molar-refractivity contribution in [1.82, 2.24) is 4.98 Å². The number of anilines is 2. The molecule has 25 heavy (non-hydrogen) atoms. The van der Waals surface area contributed by atoms with E-state index >= 15 is 0 Å². The van der Waals surface area contributed by atoms with Crippen LogP contribution in [-0.2, 0) is 0 Å². The number of nitrogens with one attached hydrogen (secondary N) is 2. The summed E-state index contributed by atoms with van der Waals surface area (Å²) in [5, 5.41) is 5.61. The number of carbonyl (C=O) groups is 2. The average Bonchev–Trinajstić information content (AvgIpc) is 2.64. The predicted molar refractivity (Wildman–Crippen MR) is 97.8 cm³/mol. The Labute approximate surface area is 145 Å². The zero-order valence-electron chi connectivity index (χ0n) is 13.7. The van der Waals surface area contributed by atoms with Crippen LogP contribution in [-0.4, -0.2) is 16.8 Å². The van der Waals surface area contributed by atoms with Crippen molar-refractivity contribution in [2.45, 2.75) is 6.92 Å². The van der Waals surface area contributed by atoms with Crippen LogP contribution in [0.5, 0.6) is 0 Å². The Morgan fingerprint density at radius 1 is 0.760 bits per heavy atom. The summed E-state index contributed by atoms with van der Waals surface area (Å²) in [4.78, 5) is 28.2. The topological polar surface area (TPSA) is 71.1 Å². The van der Waals surface area contributed by atoms with Crippen molar-refractivity contribution in [2.75, 3.05) is 10.6 Å². The Hall–Kier alpha value is -3.47. The summed E-state index contributed by atoms with van der Waals surface area (Å²) >= 11 is 0. The molecule has 1 aromatic heterocycles. The van der Waals surface area contributed by atoms with Gasteiger partial charge in [0, 0.05) is 29.3 Å². The highest BCUT2D eigenvalue weighted by Crippen LogP contribution is 2.16. The van der Waals surface area contributed by atoms with Gasteiger partial charge < -0.3 is 10.6 Å². The van der Waals surface area contributed by atoms with Gasteiger partial charge in [0.15, 0.2) is 0 Å². The minimum Gasteiger partial charge on any atom is -0.322 e. The molecular formula is C20H17N3O2. The van der Waals surface area contributed by atoms with Gasteiger partial charge in [0.25, 0.3) is 11.8 Å². The van der Waals surface area contributed by atoms with Crippen LogP contribution in [0.1, 0.15) is 26.3 Å². The first-order valence-electron chi connectivity index (χ1n) is 7.81. The summed E-state index contributed by atoms with van der Waals surface area (Å²) in [5.41, 5.74) is 3.48. The Morgan fingerprint density at radius 2 is 1.32 bits per heavy atom. The fourth-order valence-electron chi connectivity index (χ4n) is 2.25. The average molecular weight is 331 g/mol. The van der Waals surface area contributed by atoms with Gasteiger partial charge in [0.05, 0.1) is 5.56 Å². The molecule has 0 spiro atoms. The molecule has 0 saturated heterocycles. The van der Waals surface area contributed by atoms with Gasteiger partial charge >= 0.3 is 0 Å². The highest BCUT2D eigenvalue weighted by molar-refractivity contribution is 6.05. The number of benzene rings is 2. The summed E-state index contributed by atoms with van der Waals surface area (Å²) in [6.07, 6.45) is 3.12. The molecular weight excluding hydrogens is 314 g/mol. The molecule has 2 amide bonds. The van der Waals surface area contributed by atoms with Gasteiger partial charge in [-0.3, -0.25) is 14.6 Å². The second kappa shape index (κ2) is 7.40. The molecule has 3 aromatic rings. The Morgan fingerprint density at radius 3 is 1.84 bits per heavy atom. The maximum absolute atomic E-state index is 12.2. The first kappa shape index (κ1) is 16.4. The van der Waals surface area contributed by atoms with Crippen LogP contribution in [0.25, 0.3) is 0 Å². The number of aromatic nitrogens is 1. The van der Waals surface area contributed by atoms with Crippen LogP contribution in [0.2, 0.25) is 0 Å². The van der Waals surface area contributed by atoms with Crippen LogP contribution >= 0.6 is 0 Å². The second-order valence-electron chi connectivity index (χ2n) is 5.59. The fraction of sp³-hybridized carbons (Fsp3) is 0.0500. The summed E-state index contributed by atoms with van der Waals surface area (Å²) in [5.74, 6) is -0.406. The fourth-order valence-corrected chi connectivity index (χ4v) is 2.25. The summed E-state index contributed by atoms with van der Waals surface area (Å²) in [7, 11) is 0. The Kier molecular flexibility index (Phi) is 4.85. The third-order valence-electron chi connectivity index (χ3n) is 3.64. The molecule has 0 bridgehead atoms. The van der Waals surface area contributed by atoms with Crippen molar-refractivity contribution >= 4 is 23.2 Å². The van der Waals surface area contributed by atoms with E-state index in [1.54, 1.807) is 54.7 Å². The van der Waals surface area contributed by atoms with Gasteiger partial charge in [0.2, 0.25) is 0 Å². The van der Waals surface area contributed by atoms with Crippen LogP contribution in [0.15, 0.2) is 73.1 Å². The van der Waals surface area contributed by atoms with Gasteiger partial charge in [-0.1, -0.05) is 17.7 Å². The van der Waals surface area contributed by atoms with E-state index in [4.69, 9.17) is 0 Å². The highest BCUT2D eigenvalue weighted by atomic mass is 16.2. The van der Waals surface area contributed by atoms with Gasteiger partial charge in [0.1, 0.15) is 0 Å². The molecule has 3 rings (SSSR count). The SMILES string of the molecule is Cc1ccc(C(=O)Nc2ccc(NC(=O)c3cccnc3)cc2)cc1.